The molecule has 3 heteroatoms. The summed E-state index contributed by atoms with van der Waals surface area (Å²) >= 11 is 1.86. The highest BCUT2D eigenvalue weighted by Crippen LogP contribution is 2.26. The van der Waals surface area contributed by atoms with E-state index >= 15 is 0 Å². The molecule has 2 nitrogen and oxygen atoms in total. The number of hydrogen-bond donors (Lipinski definition) is 2. The molecule has 2 N–H and O–H groups in total. The topological polar surface area (TPSA) is 32.3 Å². The molecule has 16 heavy (non-hydrogen) atoms. The number of hydrogen-bond acceptors (Lipinski definition) is 3. The molecule has 0 aromatic rings. The summed E-state index contributed by atoms with van der Waals surface area (Å²) in [7, 11) is 0. The minimum Gasteiger partial charge on any atom is -0.396 e. The van der Waals surface area contributed by atoms with Gasteiger partial charge in [0.1, 0.15) is 0 Å². The van der Waals surface area contributed by atoms with Crippen LogP contribution >= 0.6 is 11.8 Å². The highest BCUT2D eigenvalue weighted by Gasteiger charge is 2.21. The Morgan fingerprint density at radius 1 is 1.31 bits per heavy atom. The Morgan fingerprint density at radius 2 is 2.00 bits per heavy atom. The van der Waals surface area contributed by atoms with Gasteiger partial charge in [-0.2, -0.15) is 11.8 Å². The first-order chi connectivity index (χ1) is 7.77. The maximum Gasteiger partial charge on any atom is 0.0446 e. The van der Waals surface area contributed by atoms with Crippen LogP contribution in [0.25, 0.3) is 0 Å². The van der Waals surface area contributed by atoms with Crippen molar-refractivity contribution in [2.45, 2.75) is 57.5 Å². The first-order valence-corrected chi connectivity index (χ1v) is 8.03. The van der Waals surface area contributed by atoms with Gasteiger partial charge in [-0.1, -0.05) is 19.3 Å². The fourth-order valence-corrected chi connectivity index (χ4v) is 3.38. The summed E-state index contributed by atoms with van der Waals surface area (Å²) in [6.07, 6.45) is 10.0. The Morgan fingerprint density at radius 3 is 2.56 bits per heavy atom. The Labute approximate surface area is 105 Å². The SMILES string of the molecule is CSCC(CCO)NC(C)C1CCCCC1. The standard InChI is InChI=1S/C13H27NOS/c1-11(12-6-4-3-5-7-12)14-13(8-9-15)10-16-2/h11-15H,3-10H2,1-2H3. The predicted molar refractivity (Wildman–Crippen MR) is 73.0 cm³/mol. The van der Waals surface area contributed by atoms with Gasteiger partial charge in [0.15, 0.2) is 0 Å². The maximum absolute atomic E-state index is 9.04. The van der Waals surface area contributed by atoms with Crippen molar-refractivity contribution >= 4 is 11.8 Å². The minimum absolute atomic E-state index is 0.301. The van der Waals surface area contributed by atoms with Crippen LogP contribution in [0.5, 0.6) is 0 Å². The number of aliphatic hydroxyl groups excluding tert-OH is 1. The van der Waals surface area contributed by atoms with Crippen LogP contribution in [-0.2, 0) is 0 Å². The Hall–Kier alpha value is 0.270. The van der Waals surface area contributed by atoms with Crippen molar-refractivity contribution in [3.63, 3.8) is 0 Å². The van der Waals surface area contributed by atoms with Crippen molar-refractivity contribution in [3.8, 4) is 0 Å². The normalized spacial score (nSPS) is 21.9. The monoisotopic (exact) mass is 245 g/mol. The van der Waals surface area contributed by atoms with Gasteiger partial charge in [0, 0.05) is 24.4 Å². The molecule has 1 aliphatic rings. The number of rotatable bonds is 7. The number of thioether (sulfide) groups is 1. The van der Waals surface area contributed by atoms with Crippen LogP contribution in [0.3, 0.4) is 0 Å². The Kier molecular flexibility index (Phi) is 7.50. The quantitative estimate of drug-likeness (QED) is 0.723. The van der Waals surface area contributed by atoms with E-state index in [4.69, 9.17) is 5.11 Å². The second-order valence-electron chi connectivity index (χ2n) is 5.02. The summed E-state index contributed by atoms with van der Waals surface area (Å²) in [4.78, 5) is 0. The van der Waals surface area contributed by atoms with E-state index < -0.39 is 0 Å². The van der Waals surface area contributed by atoms with Gasteiger partial charge in [-0.05, 0) is 38.4 Å². The molecule has 0 radical (unpaired) electrons. The fourth-order valence-electron chi connectivity index (χ4n) is 2.71. The molecule has 1 fully saturated rings. The summed E-state index contributed by atoms with van der Waals surface area (Å²) in [6, 6.07) is 1.10. The van der Waals surface area contributed by atoms with Gasteiger partial charge in [-0.3, -0.25) is 0 Å². The second kappa shape index (κ2) is 8.37. The van der Waals surface area contributed by atoms with E-state index in [1.165, 1.54) is 32.1 Å². The van der Waals surface area contributed by atoms with Crippen LogP contribution in [0, 0.1) is 5.92 Å². The third kappa shape index (κ3) is 5.07. The van der Waals surface area contributed by atoms with Gasteiger partial charge in [-0.25, -0.2) is 0 Å². The first kappa shape index (κ1) is 14.3. The lowest BCUT2D eigenvalue weighted by Gasteiger charge is -2.31. The molecule has 0 aromatic heterocycles. The number of aliphatic hydroxyl groups is 1. The molecular weight excluding hydrogens is 218 g/mol. The average Bonchev–Trinajstić information content (AvgIpc) is 2.31. The van der Waals surface area contributed by atoms with Gasteiger partial charge in [0.05, 0.1) is 0 Å². The molecule has 1 aliphatic carbocycles. The molecule has 2 atom stereocenters. The Balaban J connectivity index is 2.30. The predicted octanol–water partition coefficient (Wildman–Crippen LogP) is 2.66. The Bertz CT molecular complexity index is 165. The molecule has 0 spiro atoms. The molecule has 1 rings (SSSR count). The van der Waals surface area contributed by atoms with E-state index in [1.807, 2.05) is 11.8 Å². The highest BCUT2D eigenvalue weighted by atomic mass is 32.2. The fraction of sp³-hybridized carbons (Fsp3) is 1.00. The van der Waals surface area contributed by atoms with Crippen molar-refractivity contribution < 1.29 is 5.11 Å². The van der Waals surface area contributed by atoms with E-state index in [1.54, 1.807) is 0 Å². The first-order valence-electron chi connectivity index (χ1n) is 6.63. The van der Waals surface area contributed by atoms with Gasteiger partial charge >= 0.3 is 0 Å². The summed E-state index contributed by atoms with van der Waals surface area (Å²) < 4.78 is 0. The smallest absolute Gasteiger partial charge is 0.0446 e. The zero-order chi connectivity index (χ0) is 11.8. The van der Waals surface area contributed by atoms with Crippen LogP contribution in [0.1, 0.15) is 45.4 Å². The van der Waals surface area contributed by atoms with Crippen LogP contribution in [0.2, 0.25) is 0 Å². The average molecular weight is 245 g/mol. The summed E-state index contributed by atoms with van der Waals surface area (Å²) in [5, 5.41) is 12.7. The van der Waals surface area contributed by atoms with Gasteiger partial charge in [0.25, 0.3) is 0 Å². The summed E-state index contributed by atoms with van der Waals surface area (Å²) in [6.45, 7) is 2.62. The molecule has 0 aliphatic heterocycles. The van der Waals surface area contributed by atoms with Crippen LogP contribution in [-0.4, -0.2) is 35.8 Å². The van der Waals surface area contributed by atoms with Crippen LogP contribution in [0.4, 0.5) is 0 Å². The molecule has 0 heterocycles. The maximum atomic E-state index is 9.04. The van der Waals surface area contributed by atoms with Gasteiger partial charge in [0.2, 0.25) is 0 Å². The van der Waals surface area contributed by atoms with Crippen molar-refractivity contribution in [1.82, 2.24) is 5.32 Å². The van der Waals surface area contributed by atoms with Gasteiger partial charge in [-0.15, -0.1) is 0 Å². The lowest BCUT2D eigenvalue weighted by atomic mass is 9.84. The lowest BCUT2D eigenvalue weighted by Crippen LogP contribution is -2.43. The third-order valence-corrected chi connectivity index (χ3v) is 4.44. The van der Waals surface area contributed by atoms with Crippen molar-refractivity contribution in [2.75, 3.05) is 18.6 Å². The van der Waals surface area contributed by atoms with E-state index in [-0.39, 0.29) is 0 Å². The third-order valence-electron chi connectivity index (χ3n) is 3.70. The molecule has 1 saturated carbocycles. The summed E-state index contributed by atoms with van der Waals surface area (Å²) in [5.41, 5.74) is 0. The summed E-state index contributed by atoms with van der Waals surface area (Å²) in [5.74, 6) is 1.97. The van der Waals surface area contributed by atoms with Crippen molar-refractivity contribution in [3.05, 3.63) is 0 Å². The molecule has 0 saturated heterocycles. The number of nitrogens with one attached hydrogen (secondary N) is 1. The zero-order valence-corrected chi connectivity index (χ0v) is 11.6. The molecule has 2 unspecified atom stereocenters. The molecule has 0 amide bonds. The minimum atomic E-state index is 0.301. The van der Waals surface area contributed by atoms with Gasteiger partial charge < -0.3 is 10.4 Å². The van der Waals surface area contributed by atoms with E-state index in [0.717, 1.165) is 18.1 Å². The molecule has 0 aromatic carbocycles. The van der Waals surface area contributed by atoms with E-state index in [9.17, 15) is 0 Å². The molecular formula is C13H27NOS. The molecule has 0 bridgehead atoms. The van der Waals surface area contributed by atoms with Crippen molar-refractivity contribution in [1.29, 1.82) is 0 Å². The highest BCUT2D eigenvalue weighted by molar-refractivity contribution is 7.98. The largest absolute Gasteiger partial charge is 0.396 e. The van der Waals surface area contributed by atoms with Crippen molar-refractivity contribution in [2.24, 2.45) is 5.92 Å². The van der Waals surface area contributed by atoms with E-state index in [0.29, 0.717) is 18.7 Å². The second-order valence-corrected chi connectivity index (χ2v) is 5.93. The lowest BCUT2D eigenvalue weighted by molar-refractivity contribution is 0.235. The zero-order valence-electron chi connectivity index (χ0n) is 10.7. The van der Waals surface area contributed by atoms with Crippen LogP contribution in [0.15, 0.2) is 0 Å². The van der Waals surface area contributed by atoms with Crippen LogP contribution < -0.4 is 5.32 Å². The molecule has 96 valence electrons. The van der Waals surface area contributed by atoms with E-state index in [2.05, 4.69) is 18.5 Å².